The van der Waals surface area contributed by atoms with E-state index in [1.807, 2.05) is 29.7 Å². The smallest absolute Gasteiger partial charge is 0.376 e. The predicted octanol–water partition coefficient (Wildman–Crippen LogP) is 6.69. The Morgan fingerprint density at radius 2 is 1.78 bits per heavy atom. The molecule has 1 N–H and O–H groups in total. The molecule has 332 valence electrons. The maximum absolute atomic E-state index is 16.1. The number of amides is 1. The topological polar surface area (TPSA) is 168 Å². The van der Waals surface area contributed by atoms with Crippen molar-refractivity contribution in [2.24, 2.45) is 7.05 Å². The molecular weight excluding hydrogens is 837 g/mol. The predicted molar refractivity (Wildman–Crippen MR) is 232 cm³/mol. The van der Waals surface area contributed by atoms with E-state index in [1.165, 1.54) is 27.6 Å². The fourth-order valence-corrected chi connectivity index (χ4v) is 10.5. The minimum Gasteiger partial charge on any atom is -0.376 e. The Morgan fingerprint density at radius 1 is 0.969 bits per heavy atom. The molecule has 3 fully saturated rings. The summed E-state index contributed by atoms with van der Waals surface area (Å²) in [4.78, 5) is 52.2. The average Bonchev–Trinajstić information content (AvgIpc) is 4.03. The van der Waals surface area contributed by atoms with E-state index < -0.39 is 28.7 Å². The summed E-state index contributed by atoms with van der Waals surface area (Å²) in [5.41, 5.74) is 3.94. The summed E-state index contributed by atoms with van der Waals surface area (Å²) in [7, 11) is 1.72. The van der Waals surface area contributed by atoms with Crippen molar-refractivity contribution in [3.05, 3.63) is 140 Å². The number of nitrogens with zero attached hydrogens (tertiary/aromatic N) is 10. The molecule has 12 rings (SSSR count). The summed E-state index contributed by atoms with van der Waals surface area (Å²) >= 11 is 0. The maximum Gasteiger partial charge on any atom is 0.438 e. The molecule has 1 saturated heterocycles. The largest absolute Gasteiger partial charge is 0.438 e. The molecule has 18 heteroatoms. The van der Waals surface area contributed by atoms with Gasteiger partial charge in [-0.05, 0) is 113 Å². The minimum absolute atomic E-state index is 0.0462. The number of H-pyrrole nitrogens is 1. The van der Waals surface area contributed by atoms with Crippen molar-refractivity contribution >= 4 is 22.5 Å². The number of aryl methyl sites for hydroxylation is 1. The monoisotopic (exact) mass is 881 g/mol. The normalized spacial score (nSPS) is 20.2. The lowest BCUT2D eigenvalue weighted by Gasteiger charge is -2.35. The van der Waals surface area contributed by atoms with Gasteiger partial charge < -0.3 is 14.0 Å². The number of hydrogen-bond donors (Lipinski definition) is 1. The molecule has 0 radical (unpaired) electrons. The van der Waals surface area contributed by atoms with Gasteiger partial charge in [0.05, 0.1) is 62.5 Å². The van der Waals surface area contributed by atoms with Gasteiger partial charge in [0, 0.05) is 62.4 Å². The number of aromatic nitrogens is 10. The Bertz CT molecular complexity index is 3390. The van der Waals surface area contributed by atoms with Crippen molar-refractivity contribution in [2.75, 3.05) is 13.2 Å². The summed E-state index contributed by atoms with van der Waals surface area (Å²) in [6, 6.07) is 11.3. The number of aromatic amines is 1. The van der Waals surface area contributed by atoms with Gasteiger partial charge >= 0.3 is 11.4 Å². The number of nitrogens with one attached hydrogen (secondary N) is 1. The number of halogens is 2. The van der Waals surface area contributed by atoms with Gasteiger partial charge in [-0.3, -0.25) is 28.1 Å². The van der Waals surface area contributed by atoms with Gasteiger partial charge in [-0.2, -0.15) is 10.2 Å². The Hall–Kier alpha value is -6.95. The van der Waals surface area contributed by atoms with E-state index >= 15 is 13.6 Å². The van der Waals surface area contributed by atoms with E-state index in [-0.39, 0.29) is 40.2 Å². The quantitative estimate of drug-likeness (QED) is 0.175. The zero-order chi connectivity index (χ0) is 44.7. The molecule has 2 aliphatic heterocycles. The first-order valence-electron chi connectivity index (χ1n) is 22.2. The van der Waals surface area contributed by atoms with E-state index in [2.05, 4.69) is 29.1 Å². The van der Waals surface area contributed by atoms with Crippen LogP contribution in [0.25, 0.3) is 33.7 Å². The molecule has 8 heterocycles. The lowest BCUT2D eigenvalue weighted by atomic mass is 9.86. The molecule has 2 aliphatic carbocycles. The van der Waals surface area contributed by atoms with Crippen LogP contribution < -0.4 is 11.4 Å². The van der Waals surface area contributed by atoms with Crippen molar-refractivity contribution in [2.45, 2.75) is 94.6 Å². The highest BCUT2D eigenvalue weighted by molar-refractivity contribution is 5.98. The van der Waals surface area contributed by atoms with E-state index in [9.17, 15) is 9.59 Å². The first-order valence-corrected chi connectivity index (χ1v) is 22.2. The summed E-state index contributed by atoms with van der Waals surface area (Å²) in [5, 5.41) is 13.7. The number of hydrogen-bond acceptors (Lipinski definition) is 9. The van der Waals surface area contributed by atoms with Crippen LogP contribution in [0.4, 0.5) is 8.78 Å². The highest BCUT2D eigenvalue weighted by Crippen LogP contribution is 2.54. The van der Waals surface area contributed by atoms with E-state index in [1.54, 1.807) is 51.8 Å². The molecular formula is C47H45F2N11O5. The molecule has 6 aromatic heterocycles. The second-order valence-electron chi connectivity index (χ2n) is 18.7. The van der Waals surface area contributed by atoms with Crippen molar-refractivity contribution in [3.8, 4) is 17.2 Å². The van der Waals surface area contributed by atoms with Crippen LogP contribution in [0.1, 0.15) is 122 Å². The van der Waals surface area contributed by atoms with E-state index in [4.69, 9.17) is 19.3 Å². The number of rotatable bonds is 8. The van der Waals surface area contributed by atoms with Gasteiger partial charge in [0.2, 0.25) is 0 Å². The Balaban J connectivity index is 0.994. The van der Waals surface area contributed by atoms with E-state index in [0.717, 1.165) is 31.4 Å². The van der Waals surface area contributed by atoms with Gasteiger partial charge in [-0.25, -0.2) is 28.0 Å². The first kappa shape index (κ1) is 39.6. The number of fused-ring (bicyclic) bond motifs is 3. The van der Waals surface area contributed by atoms with Gasteiger partial charge in [0.15, 0.2) is 11.6 Å². The van der Waals surface area contributed by atoms with Crippen molar-refractivity contribution in [1.82, 2.24) is 53.1 Å². The third kappa shape index (κ3) is 6.12. The summed E-state index contributed by atoms with van der Waals surface area (Å²) in [6.45, 7) is 6.99. The molecule has 8 aromatic rings. The van der Waals surface area contributed by atoms with Crippen molar-refractivity contribution in [1.29, 1.82) is 0 Å². The average molecular weight is 882 g/mol. The van der Waals surface area contributed by atoms with Gasteiger partial charge in [-0.15, -0.1) is 0 Å². The second-order valence-corrected chi connectivity index (χ2v) is 18.7. The molecule has 0 spiro atoms. The second kappa shape index (κ2) is 14.0. The molecule has 16 nitrogen and oxygen atoms in total. The molecule has 65 heavy (non-hydrogen) atoms. The molecule has 0 bridgehead atoms. The van der Waals surface area contributed by atoms with Crippen LogP contribution in [0.3, 0.4) is 0 Å². The zero-order valence-electron chi connectivity index (χ0n) is 36.2. The van der Waals surface area contributed by atoms with E-state index in [0.29, 0.717) is 89.0 Å². The van der Waals surface area contributed by atoms with Gasteiger partial charge in [-0.1, -0.05) is 5.16 Å². The number of benzene rings is 2. The fraction of sp³-hybridized carbons (Fsp3) is 0.383. The minimum atomic E-state index is -0.806. The Kier molecular flexibility index (Phi) is 8.55. The third-order valence-electron chi connectivity index (χ3n) is 14.2. The fourth-order valence-electron chi connectivity index (χ4n) is 10.5. The van der Waals surface area contributed by atoms with Crippen LogP contribution in [-0.4, -0.2) is 77.8 Å². The summed E-state index contributed by atoms with van der Waals surface area (Å²) in [6.07, 6.45) is 11.4. The Labute approximate surface area is 369 Å². The number of carbonyl (C=O) groups is 1. The maximum atomic E-state index is 16.1. The summed E-state index contributed by atoms with van der Waals surface area (Å²) < 4.78 is 50.2. The lowest BCUT2D eigenvalue weighted by molar-refractivity contribution is -0.0597. The lowest BCUT2D eigenvalue weighted by Crippen LogP contribution is -2.40. The molecule has 1 amide bonds. The van der Waals surface area contributed by atoms with Crippen LogP contribution in [0.5, 0.6) is 0 Å². The van der Waals surface area contributed by atoms with Crippen LogP contribution in [-0.2, 0) is 23.6 Å². The van der Waals surface area contributed by atoms with Crippen molar-refractivity contribution in [3.63, 3.8) is 0 Å². The Morgan fingerprint density at radius 3 is 2.54 bits per heavy atom. The number of imidazole rings is 1. The van der Waals surface area contributed by atoms with Crippen LogP contribution in [0, 0.1) is 11.6 Å². The van der Waals surface area contributed by atoms with Crippen molar-refractivity contribution < 1.29 is 22.8 Å². The SMILES string of the molecule is C[C@H]1c2c(nn(-c3ccc(F)c(C4CC4)c3)c2-n2ccn(-c3ccc4c(cnn4C)c3F)c2=O)CCN1C(=O)c1cc2nc([C@H]3CCOC(C)(C)C3)ccn2c1C1(c2noc(=O)[nH]2)CC1. The van der Waals surface area contributed by atoms with Crippen LogP contribution >= 0.6 is 0 Å². The van der Waals surface area contributed by atoms with Gasteiger partial charge in [0.1, 0.15) is 17.3 Å². The number of ether oxygens (including phenoxy) is 1. The first-order chi connectivity index (χ1) is 31.3. The molecule has 0 unspecified atom stereocenters. The third-order valence-corrected chi connectivity index (χ3v) is 14.2. The molecule has 2 aromatic carbocycles. The highest BCUT2D eigenvalue weighted by Gasteiger charge is 2.54. The molecule has 2 saturated carbocycles. The van der Waals surface area contributed by atoms with Crippen LogP contribution in [0.2, 0.25) is 0 Å². The van der Waals surface area contributed by atoms with Gasteiger partial charge in [0.25, 0.3) is 5.91 Å². The number of carbonyl (C=O) groups excluding carboxylic acids is 1. The molecule has 2 atom stereocenters. The zero-order valence-corrected chi connectivity index (χ0v) is 36.2. The molecule has 4 aliphatic rings. The highest BCUT2D eigenvalue weighted by atomic mass is 19.1. The summed E-state index contributed by atoms with van der Waals surface area (Å²) in [5.74, 6) is -0.901. The van der Waals surface area contributed by atoms with Crippen LogP contribution in [0.15, 0.2) is 81.4 Å². The standard InChI is InChI=1S/C47H45F2N11O5/c1-25-38-34(53-60(28-7-8-32(48)29(21-28)26-5-6-26)41(38)59-19-18-57(45(59)63)36-10-9-35-31(39(36)49)24-50-55(35)4)12-16-56(25)42(61)30-22-37-51-33(27-13-20-64-46(2,3)23-27)11-17-58(37)40(30)47(14-15-47)43-52-44(62)65-54-43/h7-11,17-19,21-22,24-27H,5-6,12-16,20,23H2,1-4H3,(H,52,54,62)/t25-,27-/m0/s1.